The van der Waals surface area contributed by atoms with E-state index in [0.717, 1.165) is 6.54 Å². The minimum Gasteiger partial charge on any atom is -0.285 e. The van der Waals surface area contributed by atoms with E-state index in [0.29, 0.717) is 0 Å². The summed E-state index contributed by atoms with van der Waals surface area (Å²) >= 11 is 0. The summed E-state index contributed by atoms with van der Waals surface area (Å²) in [4.78, 5) is 0. The first-order valence-electron chi connectivity index (χ1n) is 4.13. The van der Waals surface area contributed by atoms with Gasteiger partial charge in [-0.2, -0.15) is 0 Å². The van der Waals surface area contributed by atoms with Gasteiger partial charge in [-0.05, 0) is 43.0 Å². The topological polar surface area (TPSA) is 14.1 Å². The summed E-state index contributed by atoms with van der Waals surface area (Å²) in [6.45, 7) is 0.997. The lowest BCUT2D eigenvalue weighted by atomic mass is 10.1. The van der Waals surface area contributed by atoms with Gasteiger partial charge in [-0.25, -0.2) is 0 Å². The Labute approximate surface area is 67.4 Å². The van der Waals surface area contributed by atoms with Crippen LogP contribution in [0.25, 0.3) is 0 Å². The number of hydrogen-bond donors (Lipinski definition) is 0. The van der Waals surface area contributed by atoms with Crippen LogP contribution in [-0.4, -0.2) is 6.54 Å². The van der Waals surface area contributed by atoms with Crippen molar-refractivity contribution in [2.24, 2.45) is 0 Å². The van der Waals surface area contributed by atoms with E-state index < -0.39 is 0 Å². The highest BCUT2D eigenvalue weighted by Crippen LogP contribution is 2.20. The van der Waals surface area contributed by atoms with Crippen molar-refractivity contribution < 1.29 is 0 Å². The zero-order chi connectivity index (χ0) is 7.52. The van der Waals surface area contributed by atoms with Crippen LogP contribution in [0.3, 0.4) is 0 Å². The van der Waals surface area contributed by atoms with E-state index in [1.54, 1.807) is 0 Å². The van der Waals surface area contributed by atoms with E-state index in [2.05, 4.69) is 23.5 Å². The van der Waals surface area contributed by atoms with Crippen molar-refractivity contribution in [1.82, 2.24) is 5.32 Å². The lowest BCUT2D eigenvalue weighted by molar-refractivity contribution is 0.726. The molecule has 56 valence electrons. The van der Waals surface area contributed by atoms with Gasteiger partial charge >= 0.3 is 0 Å². The molecule has 2 radical (unpaired) electrons. The van der Waals surface area contributed by atoms with Crippen LogP contribution in [0.1, 0.15) is 18.4 Å². The van der Waals surface area contributed by atoms with Crippen molar-refractivity contribution >= 4 is 5.69 Å². The molecule has 1 aromatic carbocycles. The van der Waals surface area contributed by atoms with Gasteiger partial charge in [-0.15, -0.1) is 0 Å². The van der Waals surface area contributed by atoms with E-state index >= 15 is 0 Å². The molecule has 1 aliphatic heterocycles. The highest BCUT2D eigenvalue weighted by Gasteiger charge is 2.05. The Balaban J connectivity index is 2.33. The van der Waals surface area contributed by atoms with Crippen molar-refractivity contribution in [3.63, 3.8) is 0 Å². The summed E-state index contributed by atoms with van der Waals surface area (Å²) in [5.74, 6) is 0. The second kappa shape index (κ2) is 2.95. The van der Waals surface area contributed by atoms with Crippen molar-refractivity contribution in [1.29, 1.82) is 0 Å². The van der Waals surface area contributed by atoms with Crippen LogP contribution in [-0.2, 0) is 6.42 Å². The van der Waals surface area contributed by atoms with Crippen molar-refractivity contribution in [2.45, 2.75) is 19.3 Å². The van der Waals surface area contributed by atoms with E-state index in [9.17, 15) is 0 Å². The second-order valence-corrected chi connectivity index (χ2v) is 2.89. The number of hydrogen-bond acceptors (Lipinski definition) is 0. The smallest absolute Gasteiger partial charge is 0.0606 e. The monoisotopic (exact) mass is 145 g/mol. The quantitative estimate of drug-likeness (QED) is 0.530. The lowest BCUT2D eigenvalue weighted by Gasteiger charge is -2.01. The minimum absolute atomic E-state index is 0.997. The van der Waals surface area contributed by atoms with Gasteiger partial charge in [0.2, 0.25) is 0 Å². The number of benzene rings is 1. The maximum Gasteiger partial charge on any atom is 0.0606 e. The molecular weight excluding hydrogens is 134 g/mol. The third-order valence-corrected chi connectivity index (χ3v) is 2.06. The van der Waals surface area contributed by atoms with Gasteiger partial charge in [0.15, 0.2) is 0 Å². The molecule has 1 nitrogen and oxygen atoms in total. The SMILES string of the molecule is [c]1ccc2c(c1)CCCC[N]2. The van der Waals surface area contributed by atoms with Gasteiger partial charge < -0.3 is 0 Å². The summed E-state index contributed by atoms with van der Waals surface area (Å²) < 4.78 is 0. The Kier molecular flexibility index (Phi) is 1.80. The molecule has 0 unspecified atom stereocenters. The fourth-order valence-corrected chi connectivity index (χ4v) is 1.44. The first-order valence-corrected chi connectivity index (χ1v) is 4.13. The van der Waals surface area contributed by atoms with Crippen LogP contribution in [0.4, 0.5) is 5.69 Å². The van der Waals surface area contributed by atoms with E-state index in [1.807, 2.05) is 6.07 Å². The summed E-state index contributed by atoms with van der Waals surface area (Å²) in [5, 5.41) is 4.47. The Morgan fingerprint density at radius 1 is 1.36 bits per heavy atom. The Morgan fingerprint density at radius 2 is 2.36 bits per heavy atom. The highest BCUT2D eigenvalue weighted by atomic mass is 14.9. The van der Waals surface area contributed by atoms with Crippen molar-refractivity contribution in [2.75, 3.05) is 6.54 Å². The van der Waals surface area contributed by atoms with Crippen molar-refractivity contribution in [3.8, 4) is 0 Å². The largest absolute Gasteiger partial charge is 0.285 e. The molecule has 0 N–H and O–H groups in total. The molecule has 1 aromatic rings. The first-order chi connectivity index (χ1) is 5.47. The lowest BCUT2D eigenvalue weighted by Crippen LogP contribution is -1.97. The summed E-state index contributed by atoms with van der Waals surface area (Å²) in [6, 6.07) is 9.14. The Bertz CT molecular complexity index is 217. The van der Waals surface area contributed by atoms with Crippen LogP contribution in [0.2, 0.25) is 0 Å². The molecule has 0 spiro atoms. The molecule has 1 aliphatic rings. The summed E-state index contributed by atoms with van der Waals surface area (Å²) in [5.41, 5.74) is 2.55. The third-order valence-electron chi connectivity index (χ3n) is 2.06. The molecule has 0 aliphatic carbocycles. The molecule has 1 heterocycles. The number of rotatable bonds is 0. The normalized spacial score (nSPS) is 16.4. The van der Waals surface area contributed by atoms with E-state index in [1.165, 1.54) is 30.5 Å². The minimum atomic E-state index is 0.997. The fourth-order valence-electron chi connectivity index (χ4n) is 1.44. The molecule has 11 heavy (non-hydrogen) atoms. The van der Waals surface area contributed by atoms with E-state index in [4.69, 9.17) is 0 Å². The molecule has 0 bridgehead atoms. The number of fused-ring (bicyclic) bond motifs is 1. The van der Waals surface area contributed by atoms with Crippen LogP contribution >= 0.6 is 0 Å². The predicted molar refractivity (Wildman–Crippen MR) is 44.9 cm³/mol. The average molecular weight is 145 g/mol. The zero-order valence-corrected chi connectivity index (χ0v) is 6.51. The van der Waals surface area contributed by atoms with Gasteiger partial charge in [-0.3, -0.25) is 5.32 Å². The van der Waals surface area contributed by atoms with Crippen LogP contribution < -0.4 is 5.32 Å². The third kappa shape index (κ3) is 1.37. The van der Waals surface area contributed by atoms with Gasteiger partial charge in [-0.1, -0.05) is 6.07 Å². The standard InChI is InChI=1S/C10H11N/c1-2-7-10-9(5-1)6-3-4-8-11-10/h2,5,7H,3-4,6,8H2. The Morgan fingerprint density at radius 3 is 3.36 bits per heavy atom. The van der Waals surface area contributed by atoms with Crippen LogP contribution in [0.5, 0.6) is 0 Å². The molecule has 0 atom stereocenters. The molecule has 0 saturated heterocycles. The Hall–Kier alpha value is -0.980. The number of aryl methyl sites for hydroxylation is 1. The summed E-state index contributed by atoms with van der Waals surface area (Å²) in [7, 11) is 0. The summed E-state index contributed by atoms with van der Waals surface area (Å²) in [6.07, 6.45) is 3.68. The van der Waals surface area contributed by atoms with Crippen LogP contribution in [0, 0.1) is 6.07 Å². The van der Waals surface area contributed by atoms with Gasteiger partial charge in [0.1, 0.15) is 0 Å². The van der Waals surface area contributed by atoms with Crippen molar-refractivity contribution in [3.05, 3.63) is 29.8 Å². The molecule has 1 heteroatoms. The molecule has 0 fully saturated rings. The van der Waals surface area contributed by atoms with E-state index in [-0.39, 0.29) is 0 Å². The maximum atomic E-state index is 4.47. The molecule has 0 aromatic heterocycles. The van der Waals surface area contributed by atoms with Gasteiger partial charge in [0.25, 0.3) is 0 Å². The maximum absolute atomic E-state index is 4.47. The predicted octanol–water partition coefficient (Wildman–Crippen LogP) is 2.06. The second-order valence-electron chi connectivity index (χ2n) is 2.89. The molecular formula is C10H11N. The van der Waals surface area contributed by atoms with Crippen LogP contribution in [0.15, 0.2) is 18.2 Å². The van der Waals surface area contributed by atoms with Gasteiger partial charge in [0.05, 0.1) is 5.69 Å². The van der Waals surface area contributed by atoms with Gasteiger partial charge in [0, 0.05) is 6.54 Å². The fraction of sp³-hybridized carbons (Fsp3) is 0.400. The zero-order valence-electron chi connectivity index (χ0n) is 6.51. The molecule has 0 amide bonds. The molecule has 2 rings (SSSR count). The first kappa shape index (κ1) is 6.71. The highest BCUT2D eigenvalue weighted by molar-refractivity contribution is 5.44. The average Bonchev–Trinajstić information content (AvgIpc) is 2.28. The number of nitrogens with zero attached hydrogens (tertiary/aromatic N) is 1. The molecule has 0 saturated carbocycles.